The molecule has 7 rings (SSSR count). The number of H-pyrrole nitrogens is 2. The van der Waals surface area contributed by atoms with Crippen molar-refractivity contribution in [3.63, 3.8) is 0 Å². The fourth-order valence-corrected chi connectivity index (χ4v) is 9.03. The van der Waals surface area contributed by atoms with Crippen molar-refractivity contribution in [3.8, 4) is 23.7 Å². The number of carbonyl (C=O) groups excluding carboxylic acids is 4. The van der Waals surface area contributed by atoms with Crippen LogP contribution in [0.15, 0.2) is 24.5 Å². The third-order valence-electron chi connectivity index (χ3n) is 11.9. The van der Waals surface area contributed by atoms with E-state index in [9.17, 15) is 19.2 Å². The first-order valence-corrected chi connectivity index (χ1v) is 20.1. The average Bonchev–Trinajstić information content (AvgIpc) is 4.06. The molecule has 1 saturated carbocycles. The first kappa shape index (κ1) is 39.5. The van der Waals surface area contributed by atoms with Crippen LogP contribution in [0.25, 0.3) is 0 Å². The number of carbonyl (C=O) groups is 4. The Morgan fingerprint density at radius 1 is 0.684 bits per heavy atom. The van der Waals surface area contributed by atoms with Gasteiger partial charge in [0.15, 0.2) is 0 Å². The Balaban J connectivity index is 1.07. The zero-order valence-electron chi connectivity index (χ0n) is 33.5. The van der Waals surface area contributed by atoms with Crippen molar-refractivity contribution in [2.24, 2.45) is 11.8 Å². The predicted octanol–water partition coefficient (Wildman–Crippen LogP) is 5.39. The van der Waals surface area contributed by atoms with Gasteiger partial charge in [-0.1, -0.05) is 39.5 Å². The summed E-state index contributed by atoms with van der Waals surface area (Å²) < 4.78 is 9.53. The molecule has 2 saturated heterocycles. The van der Waals surface area contributed by atoms with Gasteiger partial charge in [0, 0.05) is 24.2 Å². The maximum atomic E-state index is 13.6. The molecule has 4 N–H and O–H groups in total. The normalized spacial score (nSPS) is 21.7. The lowest BCUT2D eigenvalue weighted by atomic mass is 9.85. The van der Waals surface area contributed by atoms with E-state index in [0.29, 0.717) is 48.0 Å². The number of amides is 4. The summed E-state index contributed by atoms with van der Waals surface area (Å²) in [4.78, 5) is 70.7. The molecule has 300 valence electrons. The summed E-state index contributed by atoms with van der Waals surface area (Å²) in [6.07, 6.45) is 8.78. The monoisotopic (exact) mass is 776 g/mol. The number of methoxy groups -OCH3 is 2. The van der Waals surface area contributed by atoms with Crippen molar-refractivity contribution in [2.75, 3.05) is 27.3 Å². The fourth-order valence-electron chi connectivity index (χ4n) is 9.03. The summed E-state index contributed by atoms with van der Waals surface area (Å²) in [6.45, 7) is 8.76. The third kappa shape index (κ3) is 8.09. The summed E-state index contributed by atoms with van der Waals surface area (Å²) >= 11 is 0. The fraction of sp³-hybridized carbons (Fsp3) is 0.535. The lowest BCUT2D eigenvalue weighted by molar-refractivity contribution is -0.136. The molecule has 0 radical (unpaired) electrons. The summed E-state index contributed by atoms with van der Waals surface area (Å²) in [6, 6.07) is 2.28. The summed E-state index contributed by atoms with van der Waals surface area (Å²) in [5.41, 5.74) is 5.94. The van der Waals surface area contributed by atoms with Gasteiger partial charge < -0.3 is 39.9 Å². The molecular weight excluding hydrogens is 725 g/mol. The molecule has 2 aliphatic heterocycles. The van der Waals surface area contributed by atoms with Gasteiger partial charge in [0.2, 0.25) is 11.8 Å². The number of benzene rings is 1. The van der Waals surface area contributed by atoms with E-state index in [-0.39, 0.29) is 35.7 Å². The topological polar surface area (TPSA) is 175 Å². The second kappa shape index (κ2) is 16.8. The molecule has 14 nitrogen and oxygen atoms in total. The van der Waals surface area contributed by atoms with Crippen molar-refractivity contribution in [2.45, 2.75) is 109 Å². The largest absolute Gasteiger partial charge is 0.453 e. The van der Waals surface area contributed by atoms with Crippen LogP contribution in [-0.4, -0.2) is 93.1 Å². The van der Waals surface area contributed by atoms with Crippen molar-refractivity contribution < 1.29 is 28.7 Å². The maximum Gasteiger partial charge on any atom is 0.407 e. The molecule has 3 fully saturated rings. The van der Waals surface area contributed by atoms with Crippen LogP contribution in [0.5, 0.6) is 0 Å². The van der Waals surface area contributed by atoms with Gasteiger partial charge in [-0.3, -0.25) is 9.59 Å². The van der Waals surface area contributed by atoms with Crippen LogP contribution in [0.1, 0.15) is 142 Å². The highest BCUT2D eigenvalue weighted by Gasteiger charge is 2.41. The molecule has 14 heteroatoms. The lowest BCUT2D eigenvalue weighted by Crippen LogP contribution is -2.51. The number of ether oxygens (including phenoxy) is 2. The Morgan fingerprint density at radius 3 is 1.49 bits per heavy atom. The van der Waals surface area contributed by atoms with Crippen LogP contribution in [-0.2, 0) is 19.1 Å². The van der Waals surface area contributed by atoms with Crippen LogP contribution < -0.4 is 10.6 Å². The molecule has 2 bridgehead atoms. The predicted molar refractivity (Wildman–Crippen MR) is 211 cm³/mol. The summed E-state index contributed by atoms with van der Waals surface area (Å²) in [5, 5.41) is 5.39. The van der Waals surface area contributed by atoms with Crippen molar-refractivity contribution in [1.29, 1.82) is 0 Å². The van der Waals surface area contributed by atoms with Gasteiger partial charge in [0.1, 0.15) is 35.1 Å². The number of alkyl carbamates (subject to hydrolysis) is 2. The second-order valence-corrected chi connectivity index (χ2v) is 16.2. The van der Waals surface area contributed by atoms with Crippen molar-refractivity contribution in [3.05, 3.63) is 69.8 Å². The summed E-state index contributed by atoms with van der Waals surface area (Å²) in [7, 11) is 2.58. The number of nitrogens with one attached hydrogen (secondary N) is 4. The van der Waals surface area contributed by atoms with E-state index in [4.69, 9.17) is 9.47 Å². The highest BCUT2D eigenvalue weighted by molar-refractivity contribution is 5.87. The van der Waals surface area contributed by atoms with Gasteiger partial charge in [0.05, 0.1) is 38.7 Å². The smallest absolute Gasteiger partial charge is 0.407 e. The molecule has 0 spiro atoms. The molecule has 2 aromatic heterocycles. The Hall–Kier alpha value is -5.76. The van der Waals surface area contributed by atoms with E-state index in [2.05, 4.69) is 66.4 Å². The molecule has 4 amide bonds. The Morgan fingerprint density at radius 2 is 1.11 bits per heavy atom. The zero-order valence-corrected chi connectivity index (χ0v) is 33.5. The highest BCUT2D eigenvalue weighted by atomic mass is 16.5. The Bertz CT molecular complexity index is 2000. The van der Waals surface area contributed by atoms with E-state index in [1.54, 1.807) is 22.2 Å². The molecule has 6 unspecified atom stereocenters. The van der Waals surface area contributed by atoms with Crippen LogP contribution in [0.4, 0.5) is 9.59 Å². The number of fused-ring (bicyclic) bond motifs is 5. The average molecular weight is 777 g/mol. The number of nitrogens with zero attached hydrogens (tertiary/aromatic N) is 4. The quantitative estimate of drug-likeness (QED) is 0.221. The van der Waals surface area contributed by atoms with Crippen molar-refractivity contribution >= 4 is 24.0 Å². The van der Waals surface area contributed by atoms with Crippen LogP contribution in [0.3, 0.4) is 0 Å². The van der Waals surface area contributed by atoms with E-state index in [1.807, 2.05) is 27.7 Å². The molecule has 4 aliphatic rings. The van der Waals surface area contributed by atoms with E-state index < -0.39 is 24.3 Å². The molecule has 3 aromatic rings. The minimum absolute atomic E-state index is 0.113. The molecule has 1 aromatic carbocycles. The van der Waals surface area contributed by atoms with Gasteiger partial charge in [0.25, 0.3) is 0 Å². The third-order valence-corrected chi connectivity index (χ3v) is 11.9. The number of aromatic amines is 2. The van der Waals surface area contributed by atoms with Gasteiger partial charge in [-0.2, -0.15) is 0 Å². The van der Waals surface area contributed by atoms with E-state index in [0.717, 1.165) is 56.1 Å². The number of hydrogen-bond donors (Lipinski definition) is 4. The molecule has 57 heavy (non-hydrogen) atoms. The lowest BCUT2D eigenvalue weighted by Gasteiger charge is -2.29. The Labute approximate surface area is 333 Å². The molecule has 6 atom stereocenters. The number of imidazole rings is 2. The molecular formula is C43H52N8O6. The zero-order chi connectivity index (χ0) is 40.4. The highest BCUT2D eigenvalue weighted by Crippen LogP contribution is 2.55. The number of rotatable bonds is 8. The summed E-state index contributed by atoms with van der Waals surface area (Å²) in [5.74, 6) is 15.2. The number of aromatic nitrogens is 4. The van der Waals surface area contributed by atoms with Gasteiger partial charge in [-0.15, -0.1) is 0 Å². The van der Waals surface area contributed by atoms with Gasteiger partial charge in [-0.25, -0.2) is 19.6 Å². The molecule has 4 heterocycles. The molecule has 2 aliphatic carbocycles. The first-order chi connectivity index (χ1) is 27.5. The van der Waals surface area contributed by atoms with Gasteiger partial charge >= 0.3 is 12.2 Å². The van der Waals surface area contributed by atoms with Crippen LogP contribution in [0.2, 0.25) is 0 Å². The maximum absolute atomic E-state index is 13.6. The van der Waals surface area contributed by atoms with Gasteiger partial charge in [-0.05, 0) is 104 Å². The first-order valence-electron chi connectivity index (χ1n) is 20.1. The number of hydrogen-bond acceptors (Lipinski definition) is 8. The minimum atomic E-state index is -0.698. The van der Waals surface area contributed by atoms with Crippen LogP contribution in [0, 0.1) is 35.5 Å². The number of likely N-dealkylation sites (tertiary alicyclic amines) is 2. The minimum Gasteiger partial charge on any atom is -0.453 e. The second-order valence-electron chi connectivity index (χ2n) is 16.2. The van der Waals surface area contributed by atoms with Crippen LogP contribution >= 0.6 is 0 Å². The van der Waals surface area contributed by atoms with Crippen molar-refractivity contribution in [1.82, 2.24) is 40.4 Å². The van der Waals surface area contributed by atoms with E-state index in [1.165, 1.54) is 25.3 Å². The Kier molecular flexibility index (Phi) is 11.6. The van der Waals surface area contributed by atoms with E-state index >= 15 is 0 Å². The SMILES string of the molecule is COC(=O)NC(C(=O)N1CCCC1c1ncc(C#Cc2ccc(C#Cc3cnc(C4CCCN4C(=O)C(NC(=O)OC)C(C)C)[nH]3)c3c2C2CCC3C2)[nH]1)C(C)C. The standard InChI is InChI=1S/C43H52N8O6/c1-24(2)36(48-42(54)56-5)40(52)50-19-7-9-32(50)38-44-22-30(46-38)17-15-26-11-12-27(35-29-14-13-28(21-29)34(26)35)16-18-31-23-45-39(47-31)33-10-8-20-51(33)41(53)37(25(3)4)49-43(55)57-6/h11-12,22-25,28-29,32-33,36-37H,7-10,13-14,19-21H2,1-6H3,(H,44,46)(H,45,47)(H,48,54)(H,49,55).